The Morgan fingerprint density at radius 2 is 2.00 bits per heavy atom. The molecule has 0 bridgehead atoms. The third-order valence-corrected chi connectivity index (χ3v) is 3.46. The zero-order chi connectivity index (χ0) is 20.1. The van der Waals surface area contributed by atoms with Gasteiger partial charge in [0.1, 0.15) is 5.75 Å². The van der Waals surface area contributed by atoms with Gasteiger partial charge in [0.2, 0.25) is 5.91 Å². The van der Waals surface area contributed by atoms with Crippen molar-refractivity contribution in [1.29, 1.82) is 0 Å². The number of rotatable bonds is 11. The molecule has 2 N–H and O–H groups in total. The summed E-state index contributed by atoms with van der Waals surface area (Å²) in [6, 6.07) is 6.47. The Morgan fingerprint density at radius 3 is 2.67 bits per heavy atom. The molecule has 0 unspecified atom stereocenters. The lowest BCUT2D eigenvalue weighted by Crippen LogP contribution is -2.43. The van der Waals surface area contributed by atoms with E-state index in [1.165, 1.54) is 11.0 Å². The van der Waals surface area contributed by atoms with E-state index in [-0.39, 0.29) is 24.7 Å². The molecule has 0 atom stereocenters. The van der Waals surface area contributed by atoms with Gasteiger partial charge in [0.25, 0.3) is 0 Å². The first kappa shape index (κ1) is 22.6. The van der Waals surface area contributed by atoms with Crippen molar-refractivity contribution in [3.63, 3.8) is 0 Å². The summed E-state index contributed by atoms with van der Waals surface area (Å²) < 4.78 is 34.8. The Morgan fingerprint density at radius 1 is 1.26 bits per heavy atom. The van der Waals surface area contributed by atoms with Crippen LogP contribution in [-0.2, 0) is 16.1 Å². The maximum atomic E-state index is 12.5. The number of carbonyl (C=O) groups is 1. The second-order valence-corrected chi connectivity index (χ2v) is 5.77. The van der Waals surface area contributed by atoms with Gasteiger partial charge < -0.3 is 25.0 Å². The Labute approximate surface area is 158 Å². The molecule has 1 amide bonds. The number of halogens is 2. The molecule has 1 aromatic carbocycles. The van der Waals surface area contributed by atoms with E-state index >= 15 is 0 Å². The molecule has 0 aromatic heterocycles. The summed E-state index contributed by atoms with van der Waals surface area (Å²) in [6.45, 7) is 1.07. The molecule has 1 rings (SSSR count). The molecule has 0 fully saturated rings. The van der Waals surface area contributed by atoms with Gasteiger partial charge in [-0.15, -0.1) is 0 Å². The Bertz CT molecular complexity index is 598. The molecule has 1 aromatic rings. The molecule has 0 saturated heterocycles. The second kappa shape index (κ2) is 12.9. The molecular formula is C18H28F2N4O3. The van der Waals surface area contributed by atoms with Gasteiger partial charge in [-0.05, 0) is 19.4 Å². The predicted octanol–water partition coefficient (Wildman–Crippen LogP) is 1.84. The first-order valence-electron chi connectivity index (χ1n) is 8.76. The van der Waals surface area contributed by atoms with Crippen molar-refractivity contribution in [3.8, 4) is 5.75 Å². The summed E-state index contributed by atoms with van der Waals surface area (Å²) in [5.41, 5.74) is 0.521. The van der Waals surface area contributed by atoms with Crippen LogP contribution in [0.3, 0.4) is 0 Å². The number of carbonyl (C=O) groups excluding carboxylic acids is 1. The van der Waals surface area contributed by atoms with Crippen LogP contribution >= 0.6 is 0 Å². The number of alkyl halides is 2. The molecule has 0 aliphatic rings. The van der Waals surface area contributed by atoms with E-state index in [9.17, 15) is 13.6 Å². The standard InChI is InChI=1S/C18H28F2N4O3/c1-4-26-11-7-10-21-18(23-13-16(25)24(2)3)22-12-14-8-5-6-9-15(14)27-17(19)20/h5-6,8-9,17H,4,7,10-13H2,1-3H3,(H2,21,22,23). The van der Waals surface area contributed by atoms with E-state index in [0.717, 1.165) is 6.42 Å². The van der Waals surface area contributed by atoms with Crippen LogP contribution in [0.2, 0.25) is 0 Å². The van der Waals surface area contributed by atoms with Crippen molar-refractivity contribution < 1.29 is 23.0 Å². The maximum absolute atomic E-state index is 12.5. The number of ether oxygens (including phenoxy) is 2. The van der Waals surface area contributed by atoms with Crippen molar-refractivity contribution in [2.24, 2.45) is 4.99 Å². The van der Waals surface area contributed by atoms with E-state index in [0.29, 0.717) is 31.3 Å². The lowest BCUT2D eigenvalue weighted by atomic mass is 10.2. The molecule has 7 nitrogen and oxygen atoms in total. The van der Waals surface area contributed by atoms with Crippen molar-refractivity contribution in [2.45, 2.75) is 26.5 Å². The third-order valence-electron chi connectivity index (χ3n) is 3.46. The van der Waals surface area contributed by atoms with Gasteiger partial charge in [-0.1, -0.05) is 18.2 Å². The predicted molar refractivity (Wildman–Crippen MR) is 100 cm³/mol. The van der Waals surface area contributed by atoms with Crippen LogP contribution < -0.4 is 15.4 Å². The second-order valence-electron chi connectivity index (χ2n) is 5.77. The topological polar surface area (TPSA) is 75.2 Å². The van der Waals surface area contributed by atoms with Crippen LogP contribution in [0.25, 0.3) is 0 Å². The molecule has 152 valence electrons. The Hall–Kier alpha value is -2.42. The summed E-state index contributed by atoms with van der Waals surface area (Å²) in [5, 5.41) is 6.04. The maximum Gasteiger partial charge on any atom is 0.387 e. The number of aliphatic imine (C=N–C) groups is 1. The molecule has 27 heavy (non-hydrogen) atoms. The van der Waals surface area contributed by atoms with Crippen molar-refractivity contribution in [1.82, 2.24) is 15.5 Å². The van der Waals surface area contributed by atoms with E-state index < -0.39 is 6.61 Å². The van der Waals surface area contributed by atoms with Gasteiger partial charge in [0, 0.05) is 39.4 Å². The first-order valence-corrected chi connectivity index (χ1v) is 8.76. The molecular weight excluding hydrogens is 358 g/mol. The van der Waals surface area contributed by atoms with Gasteiger partial charge in [-0.25, -0.2) is 4.99 Å². The number of hydrogen-bond acceptors (Lipinski definition) is 4. The molecule has 0 heterocycles. The highest BCUT2D eigenvalue weighted by Crippen LogP contribution is 2.20. The van der Waals surface area contributed by atoms with E-state index in [1.54, 1.807) is 32.3 Å². The molecule has 0 aliphatic heterocycles. The molecule has 0 spiro atoms. The van der Waals surface area contributed by atoms with Gasteiger partial charge in [0.15, 0.2) is 5.96 Å². The number of hydrogen-bond donors (Lipinski definition) is 2. The highest BCUT2D eigenvalue weighted by atomic mass is 19.3. The molecule has 0 radical (unpaired) electrons. The third kappa shape index (κ3) is 9.74. The van der Waals surface area contributed by atoms with Gasteiger partial charge >= 0.3 is 6.61 Å². The van der Waals surface area contributed by atoms with Crippen LogP contribution in [0.4, 0.5) is 8.78 Å². The lowest BCUT2D eigenvalue weighted by molar-refractivity contribution is -0.127. The fraction of sp³-hybridized carbons (Fsp3) is 0.556. The largest absolute Gasteiger partial charge is 0.434 e. The van der Waals surface area contributed by atoms with Crippen molar-refractivity contribution in [2.75, 3.05) is 40.4 Å². The Balaban J connectivity index is 2.73. The van der Waals surface area contributed by atoms with Crippen LogP contribution in [0.1, 0.15) is 18.9 Å². The minimum Gasteiger partial charge on any atom is -0.434 e. The van der Waals surface area contributed by atoms with Crippen LogP contribution in [0.5, 0.6) is 5.75 Å². The number of para-hydroxylation sites is 1. The fourth-order valence-corrected chi connectivity index (χ4v) is 2.03. The number of amides is 1. The zero-order valence-corrected chi connectivity index (χ0v) is 16.0. The minimum absolute atomic E-state index is 0.0689. The van der Waals surface area contributed by atoms with E-state index in [1.807, 2.05) is 6.92 Å². The normalized spacial score (nSPS) is 11.4. The van der Waals surface area contributed by atoms with Crippen molar-refractivity contribution in [3.05, 3.63) is 29.8 Å². The summed E-state index contributed by atoms with van der Waals surface area (Å²) in [4.78, 5) is 17.6. The SMILES string of the molecule is CCOCCCNC(=NCc1ccccc1OC(F)F)NCC(=O)N(C)C. The monoisotopic (exact) mass is 386 g/mol. The van der Waals surface area contributed by atoms with E-state index in [2.05, 4.69) is 20.4 Å². The molecule has 9 heteroatoms. The zero-order valence-electron chi connectivity index (χ0n) is 16.0. The average Bonchev–Trinajstić information content (AvgIpc) is 2.63. The quantitative estimate of drug-likeness (QED) is 0.345. The van der Waals surface area contributed by atoms with Crippen LogP contribution in [-0.4, -0.2) is 63.8 Å². The van der Waals surface area contributed by atoms with Gasteiger partial charge in [-0.2, -0.15) is 8.78 Å². The number of guanidine groups is 1. The smallest absolute Gasteiger partial charge is 0.387 e. The average molecular weight is 386 g/mol. The first-order chi connectivity index (χ1) is 12.9. The number of nitrogens with zero attached hydrogens (tertiary/aromatic N) is 2. The highest BCUT2D eigenvalue weighted by molar-refractivity contribution is 5.86. The summed E-state index contributed by atoms with van der Waals surface area (Å²) >= 11 is 0. The molecule has 0 aliphatic carbocycles. The van der Waals surface area contributed by atoms with Crippen LogP contribution in [0.15, 0.2) is 29.3 Å². The van der Waals surface area contributed by atoms with Gasteiger partial charge in [-0.3, -0.25) is 4.79 Å². The summed E-state index contributed by atoms with van der Waals surface area (Å²) in [6.07, 6.45) is 0.765. The summed E-state index contributed by atoms with van der Waals surface area (Å²) in [5.74, 6) is 0.380. The number of nitrogens with one attached hydrogen (secondary N) is 2. The number of likely N-dealkylation sites (N-methyl/N-ethyl adjacent to an activating group) is 1. The fourth-order valence-electron chi connectivity index (χ4n) is 2.03. The van der Waals surface area contributed by atoms with Gasteiger partial charge in [0.05, 0.1) is 13.1 Å². The lowest BCUT2D eigenvalue weighted by Gasteiger charge is -2.15. The van der Waals surface area contributed by atoms with Crippen molar-refractivity contribution >= 4 is 11.9 Å². The van der Waals surface area contributed by atoms with E-state index in [4.69, 9.17) is 4.74 Å². The summed E-state index contributed by atoms with van der Waals surface area (Å²) in [7, 11) is 3.32. The Kier molecular flexibility index (Phi) is 10.8. The number of benzene rings is 1. The van der Waals surface area contributed by atoms with Crippen LogP contribution in [0, 0.1) is 0 Å². The minimum atomic E-state index is -2.90. The highest BCUT2D eigenvalue weighted by Gasteiger charge is 2.10. The molecule has 0 saturated carbocycles.